The number of carbonyl (C=O) groups is 1. The number of hydrogen-bond acceptors (Lipinski definition) is 5. The molecule has 0 aliphatic carbocycles. The number of nitrogens with zero attached hydrogens (tertiary/aromatic N) is 4. The SMILES string of the molecule is Cc1cc(C)n2nc(C(=O)OC(C)c3ccc(F)cc3)nc2n1. The van der Waals surface area contributed by atoms with Gasteiger partial charge in [-0.3, -0.25) is 0 Å². The number of benzene rings is 1. The summed E-state index contributed by atoms with van der Waals surface area (Å²) >= 11 is 0. The van der Waals surface area contributed by atoms with Crippen LogP contribution in [0.25, 0.3) is 5.78 Å². The van der Waals surface area contributed by atoms with Gasteiger partial charge in [0.25, 0.3) is 11.6 Å². The van der Waals surface area contributed by atoms with E-state index in [1.807, 2.05) is 19.9 Å². The first-order valence-electron chi connectivity index (χ1n) is 7.11. The van der Waals surface area contributed by atoms with Gasteiger partial charge in [0.05, 0.1) is 0 Å². The predicted octanol–water partition coefficient (Wildman–Crippen LogP) is 2.80. The van der Waals surface area contributed by atoms with Crippen molar-refractivity contribution in [3.63, 3.8) is 0 Å². The molecule has 2 heterocycles. The predicted molar refractivity (Wildman–Crippen MR) is 80.5 cm³/mol. The highest BCUT2D eigenvalue weighted by Crippen LogP contribution is 2.18. The highest BCUT2D eigenvalue weighted by atomic mass is 19.1. The molecular weight excluding hydrogens is 299 g/mol. The van der Waals surface area contributed by atoms with E-state index < -0.39 is 12.1 Å². The number of fused-ring (bicyclic) bond motifs is 1. The average molecular weight is 314 g/mol. The first kappa shape index (κ1) is 15.1. The van der Waals surface area contributed by atoms with E-state index in [1.54, 1.807) is 19.1 Å². The fourth-order valence-electron chi connectivity index (χ4n) is 2.27. The molecule has 0 amide bonds. The van der Waals surface area contributed by atoms with Crippen LogP contribution in [0.3, 0.4) is 0 Å². The second-order valence-electron chi connectivity index (χ2n) is 5.29. The van der Waals surface area contributed by atoms with E-state index in [1.165, 1.54) is 16.6 Å². The maximum atomic E-state index is 12.9. The quantitative estimate of drug-likeness (QED) is 0.695. The minimum atomic E-state index is -0.649. The number of rotatable bonds is 3. The molecule has 0 radical (unpaired) electrons. The van der Waals surface area contributed by atoms with Crippen LogP contribution in [-0.4, -0.2) is 25.6 Å². The van der Waals surface area contributed by atoms with Crippen molar-refractivity contribution in [3.05, 3.63) is 58.9 Å². The molecular formula is C16H15FN4O2. The van der Waals surface area contributed by atoms with Gasteiger partial charge >= 0.3 is 5.97 Å². The monoisotopic (exact) mass is 314 g/mol. The van der Waals surface area contributed by atoms with E-state index in [0.29, 0.717) is 11.3 Å². The van der Waals surface area contributed by atoms with Gasteiger partial charge in [-0.1, -0.05) is 12.1 Å². The molecule has 23 heavy (non-hydrogen) atoms. The third-order valence-corrected chi connectivity index (χ3v) is 3.42. The van der Waals surface area contributed by atoms with Crippen LogP contribution in [0.15, 0.2) is 30.3 Å². The summed E-state index contributed by atoms with van der Waals surface area (Å²) in [6.07, 6.45) is -0.537. The van der Waals surface area contributed by atoms with Crippen molar-refractivity contribution in [3.8, 4) is 0 Å². The molecule has 7 heteroatoms. The molecule has 0 bridgehead atoms. The number of carbonyl (C=O) groups excluding carboxylic acids is 1. The van der Waals surface area contributed by atoms with Gasteiger partial charge in [-0.25, -0.2) is 18.7 Å². The average Bonchev–Trinajstić information content (AvgIpc) is 2.92. The lowest BCUT2D eigenvalue weighted by Crippen LogP contribution is -2.11. The van der Waals surface area contributed by atoms with Crippen molar-refractivity contribution < 1.29 is 13.9 Å². The number of ether oxygens (including phenoxy) is 1. The zero-order chi connectivity index (χ0) is 16.6. The topological polar surface area (TPSA) is 69.4 Å². The molecule has 3 aromatic rings. The van der Waals surface area contributed by atoms with Crippen molar-refractivity contribution in [2.45, 2.75) is 26.9 Å². The Hall–Kier alpha value is -2.83. The summed E-state index contributed by atoms with van der Waals surface area (Å²) in [7, 11) is 0. The fourth-order valence-corrected chi connectivity index (χ4v) is 2.27. The Bertz CT molecular complexity index is 874. The van der Waals surface area contributed by atoms with Gasteiger partial charge < -0.3 is 4.74 Å². The van der Waals surface area contributed by atoms with Crippen molar-refractivity contribution in [1.82, 2.24) is 19.6 Å². The van der Waals surface area contributed by atoms with Gasteiger partial charge in [0, 0.05) is 11.4 Å². The third kappa shape index (κ3) is 3.03. The summed E-state index contributed by atoms with van der Waals surface area (Å²) in [6.45, 7) is 5.40. The lowest BCUT2D eigenvalue weighted by molar-refractivity contribution is 0.0323. The maximum absolute atomic E-state index is 12.9. The molecule has 1 unspecified atom stereocenters. The number of hydrogen-bond donors (Lipinski definition) is 0. The smallest absolute Gasteiger partial charge is 0.378 e. The lowest BCUT2D eigenvalue weighted by atomic mass is 10.1. The van der Waals surface area contributed by atoms with E-state index >= 15 is 0 Å². The minimum absolute atomic E-state index is 0.0554. The largest absolute Gasteiger partial charge is 0.452 e. The molecule has 1 atom stereocenters. The molecule has 3 rings (SSSR count). The van der Waals surface area contributed by atoms with Crippen LogP contribution in [0.1, 0.15) is 40.6 Å². The molecule has 0 N–H and O–H groups in total. The molecule has 0 spiro atoms. The van der Waals surface area contributed by atoms with Crippen LogP contribution < -0.4 is 0 Å². The zero-order valence-electron chi connectivity index (χ0n) is 12.9. The van der Waals surface area contributed by atoms with E-state index in [2.05, 4.69) is 15.1 Å². The first-order valence-corrected chi connectivity index (χ1v) is 7.11. The number of aryl methyl sites for hydroxylation is 2. The Balaban J connectivity index is 1.83. The van der Waals surface area contributed by atoms with Crippen molar-refractivity contribution >= 4 is 11.7 Å². The van der Waals surface area contributed by atoms with Gasteiger partial charge in [-0.2, -0.15) is 4.98 Å². The Morgan fingerprint density at radius 2 is 1.91 bits per heavy atom. The van der Waals surface area contributed by atoms with Crippen molar-refractivity contribution in [2.75, 3.05) is 0 Å². The van der Waals surface area contributed by atoms with Crippen LogP contribution in [0.2, 0.25) is 0 Å². The minimum Gasteiger partial charge on any atom is -0.452 e. The Morgan fingerprint density at radius 3 is 2.61 bits per heavy atom. The fraction of sp³-hybridized carbons (Fsp3) is 0.250. The Labute approximate surface area is 131 Å². The maximum Gasteiger partial charge on any atom is 0.378 e. The molecule has 1 aromatic carbocycles. The second-order valence-corrected chi connectivity index (χ2v) is 5.29. The summed E-state index contributed by atoms with van der Waals surface area (Å²) in [6, 6.07) is 7.62. The Morgan fingerprint density at radius 1 is 1.22 bits per heavy atom. The van der Waals surface area contributed by atoms with E-state index in [4.69, 9.17) is 4.74 Å². The van der Waals surface area contributed by atoms with Gasteiger partial charge in [0.15, 0.2) is 0 Å². The molecule has 0 aliphatic rings. The second kappa shape index (κ2) is 5.75. The van der Waals surface area contributed by atoms with Crippen molar-refractivity contribution in [1.29, 1.82) is 0 Å². The van der Waals surface area contributed by atoms with E-state index in [-0.39, 0.29) is 11.6 Å². The van der Waals surface area contributed by atoms with E-state index in [9.17, 15) is 9.18 Å². The standard InChI is InChI=1S/C16H15FN4O2/c1-9-8-10(2)21-16(18-9)19-14(20-21)15(22)23-11(3)12-4-6-13(17)7-5-12/h4-8,11H,1-3H3. The van der Waals surface area contributed by atoms with E-state index in [0.717, 1.165) is 11.4 Å². The lowest BCUT2D eigenvalue weighted by Gasteiger charge is -2.11. The van der Waals surface area contributed by atoms with Gasteiger partial charge in [0.2, 0.25) is 0 Å². The number of aromatic nitrogens is 4. The van der Waals surface area contributed by atoms with Gasteiger partial charge in [-0.15, -0.1) is 5.10 Å². The van der Waals surface area contributed by atoms with Crippen LogP contribution in [-0.2, 0) is 4.74 Å². The van der Waals surface area contributed by atoms with Crippen LogP contribution in [0.4, 0.5) is 4.39 Å². The van der Waals surface area contributed by atoms with Gasteiger partial charge in [0.1, 0.15) is 11.9 Å². The summed E-state index contributed by atoms with van der Waals surface area (Å²) in [5.41, 5.74) is 2.31. The van der Waals surface area contributed by atoms with Crippen LogP contribution in [0.5, 0.6) is 0 Å². The first-order chi connectivity index (χ1) is 10.9. The number of esters is 1. The van der Waals surface area contributed by atoms with Crippen LogP contribution in [0, 0.1) is 19.7 Å². The number of halogens is 1. The zero-order valence-corrected chi connectivity index (χ0v) is 12.9. The summed E-state index contributed by atoms with van der Waals surface area (Å²) in [5, 5.41) is 4.12. The molecule has 118 valence electrons. The highest BCUT2D eigenvalue weighted by molar-refractivity contribution is 5.85. The normalized spacial score (nSPS) is 12.3. The molecule has 0 saturated heterocycles. The van der Waals surface area contributed by atoms with Gasteiger partial charge in [-0.05, 0) is 44.5 Å². The molecule has 0 fully saturated rings. The molecule has 0 saturated carbocycles. The Kier molecular flexibility index (Phi) is 3.77. The summed E-state index contributed by atoms with van der Waals surface area (Å²) < 4.78 is 19.8. The van der Waals surface area contributed by atoms with Crippen molar-refractivity contribution in [2.24, 2.45) is 0 Å². The highest BCUT2D eigenvalue weighted by Gasteiger charge is 2.19. The summed E-state index contributed by atoms with van der Waals surface area (Å²) in [5.74, 6) is -0.695. The summed E-state index contributed by atoms with van der Waals surface area (Å²) in [4.78, 5) is 20.5. The molecule has 2 aromatic heterocycles. The third-order valence-electron chi connectivity index (χ3n) is 3.42. The van der Waals surface area contributed by atoms with Crippen LogP contribution >= 0.6 is 0 Å². The molecule has 0 aliphatic heterocycles. The molecule has 6 nitrogen and oxygen atoms in total.